The van der Waals surface area contributed by atoms with Crippen LogP contribution < -0.4 is 29.0 Å². The average Bonchev–Trinajstić information content (AvgIpc) is 2.75. The molecule has 0 fully saturated rings. The molecule has 3 rings (SSSR count). The molecule has 1 N–H and O–H groups in total. The molecule has 0 saturated heterocycles. The van der Waals surface area contributed by atoms with Crippen LogP contribution in [0.15, 0.2) is 30.5 Å². The van der Waals surface area contributed by atoms with Gasteiger partial charge in [0, 0.05) is 0 Å². The molecule has 2 aromatic rings. The van der Waals surface area contributed by atoms with Crippen LogP contribution in [0.4, 0.5) is 0 Å². The topological polar surface area (TPSA) is 58.2 Å². The van der Waals surface area contributed by atoms with E-state index < -0.39 is 0 Å². The first-order chi connectivity index (χ1) is 13.6. The minimum Gasteiger partial charge on any atom is -0.493 e. The Labute approximate surface area is 178 Å². The van der Waals surface area contributed by atoms with Gasteiger partial charge in [0.05, 0.1) is 41.6 Å². The zero-order valence-corrected chi connectivity index (χ0v) is 18.2. The molecule has 0 amide bonds. The van der Waals surface area contributed by atoms with Gasteiger partial charge in [0.1, 0.15) is 0 Å². The van der Waals surface area contributed by atoms with Crippen molar-refractivity contribution in [3.8, 4) is 28.7 Å². The van der Waals surface area contributed by atoms with E-state index in [1.165, 1.54) is 5.56 Å². The summed E-state index contributed by atoms with van der Waals surface area (Å²) in [4.78, 5) is 0. The number of halogens is 1. The summed E-state index contributed by atoms with van der Waals surface area (Å²) < 4.78 is 27.2. The molecule has 6 nitrogen and oxygen atoms in total. The van der Waals surface area contributed by atoms with Gasteiger partial charge in [-0.3, -0.25) is 0 Å². The normalized spacial score (nSPS) is 14.2. The van der Waals surface area contributed by atoms with Crippen LogP contribution in [0.25, 0.3) is 6.08 Å². The van der Waals surface area contributed by atoms with E-state index in [1.807, 2.05) is 36.5 Å². The summed E-state index contributed by atoms with van der Waals surface area (Å²) in [5.41, 5.74) is 3.44. The number of hydrogen-bond donors (Lipinski definition) is 1. The molecule has 158 valence electrons. The summed E-state index contributed by atoms with van der Waals surface area (Å²) in [6, 6.07) is 8.21. The van der Waals surface area contributed by atoms with Gasteiger partial charge >= 0.3 is 0 Å². The molecule has 1 atom stereocenters. The quantitative estimate of drug-likeness (QED) is 0.681. The maximum atomic E-state index is 5.48. The van der Waals surface area contributed by atoms with E-state index in [9.17, 15) is 0 Å². The summed E-state index contributed by atoms with van der Waals surface area (Å²) in [6.45, 7) is 0. The lowest BCUT2D eigenvalue weighted by atomic mass is 9.92. The zero-order valence-electron chi connectivity index (χ0n) is 17.4. The molecule has 0 aliphatic carbocycles. The molecular formula is C22H28ClNO5. The number of ether oxygens (including phenoxy) is 5. The van der Waals surface area contributed by atoms with Crippen molar-refractivity contribution in [2.75, 3.05) is 35.5 Å². The second kappa shape index (κ2) is 10.2. The van der Waals surface area contributed by atoms with Crippen molar-refractivity contribution in [2.45, 2.75) is 18.9 Å². The average molecular weight is 422 g/mol. The summed E-state index contributed by atoms with van der Waals surface area (Å²) in [5, 5.41) is 3.45. The van der Waals surface area contributed by atoms with Crippen LogP contribution >= 0.6 is 12.4 Å². The Morgan fingerprint density at radius 3 is 1.90 bits per heavy atom. The van der Waals surface area contributed by atoms with Crippen molar-refractivity contribution in [2.24, 2.45) is 0 Å². The number of fused-ring (bicyclic) bond motifs is 1. The Morgan fingerprint density at radius 2 is 1.34 bits per heavy atom. The van der Waals surface area contributed by atoms with Gasteiger partial charge in [-0.1, -0.05) is 0 Å². The van der Waals surface area contributed by atoms with E-state index in [4.69, 9.17) is 23.7 Å². The van der Waals surface area contributed by atoms with Crippen LogP contribution in [0.2, 0.25) is 0 Å². The predicted octanol–water partition coefficient (Wildman–Crippen LogP) is 4.40. The number of methoxy groups -OCH3 is 5. The molecule has 0 aromatic heterocycles. The van der Waals surface area contributed by atoms with Crippen molar-refractivity contribution in [3.63, 3.8) is 0 Å². The fourth-order valence-electron chi connectivity index (χ4n) is 3.53. The van der Waals surface area contributed by atoms with Gasteiger partial charge < -0.3 is 29.0 Å². The van der Waals surface area contributed by atoms with Crippen LogP contribution in [0.1, 0.15) is 29.2 Å². The Morgan fingerprint density at radius 1 is 0.759 bits per heavy atom. The lowest BCUT2D eigenvalue weighted by Gasteiger charge is -2.25. The van der Waals surface area contributed by atoms with Crippen LogP contribution in [0.5, 0.6) is 28.7 Å². The Balaban J connectivity index is 0.00000300. The highest BCUT2D eigenvalue weighted by Gasteiger charge is 2.21. The minimum absolute atomic E-state index is 0. The highest BCUT2D eigenvalue weighted by molar-refractivity contribution is 5.85. The second-order valence-electron chi connectivity index (χ2n) is 6.46. The van der Waals surface area contributed by atoms with Gasteiger partial charge in [-0.05, 0) is 66.1 Å². The molecule has 0 bridgehead atoms. The molecule has 0 saturated carbocycles. The molecule has 1 unspecified atom stereocenters. The fourth-order valence-corrected chi connectivity index (χ4v) is 3.53. The lowest BCUT2D eigenvalue weighted by Crippen LogP contribution is -2.20. The molecule has 1 heterocycles. The van der Waals surface area contributed by atoms with Gasteiger partial charge in [0.15, 0.2) is 23.0 Å². The first kappa shape index (κ1) is 22.6. The monoisotopic (exact) mass is 421 g/mol. The van der Waals surface area contributed by atoms with E-state index in [0.29, 0.717) is 17.2 Å². The first-order valence-electron chi connectivity index (χ1n) is 9.12. The first-order valence-corrected chi connectivity index (χ1v) is 9.12. The summed E-state index contributed by atoms with van der Waals surface area (Å²) in [6.07, 6.45) is 5.77. The van der Waals surface area contributed by atoms with Crippen molar-refractivity contribution < 1.29 is 23.7 Å². The van der Waals surface area contributed by atoms with Crippen LogP contribution in [0.3, 0.4) is 0 Å². The summed E-state index contributed by atoms with van der Waals surface area (Å²) in [7, 11) is 8.17. The smallest absolute Gasteiger partial charge is 0.203 e. The maximum absolute atomic E-state index is 5.48. The number of rotatable bonds is 8. The molecular weight excluding hydrogens is 394 g/mol. The van der Waals surface area contributed by atoms with E-state index in [0.717, 1.165) is 35.5 Å². The highest BCUT2D eigenvalue weighted by atomic mass is 35.5. The third-order valence-corrected chi connectivity index (χ3v) is 4.97. The van der Waals surface area contributed by atoms with Crippen LogP contribution in [0, 0.1) is 0 Å². The van der Waals surface area contributed by atoms with E-state index in [-0.39, 0.29) is 18.4 Å². The number of nitrogens with one attached hydrogen (secondary N) is 1. The fraction of sp³-hybridized carbons (Fsp3) is 0.364. The third kappa shape index (κ3) is 4.65. The number of benzene rings is 2. The molecule has 0 spiro atoms. The Bertz CT molecular complexity index is 844. The van der Waals surface area contributed by atoms with Crippen molar-refractivity contribution in [1.82, 2.24) is 5.32 Å². The summed E-state index contributed by atoms with van der Waals surface area (Å²) >= 11 is 0. The SMILES string of the molecule is COc1cc2c(cc1OC)C(CCc1cc(OC)c(OC)c(OC)c1)NC=C2.Cl. The highest BCUT2D eigenvalue weighted by Crippen LogP contribution is 2.40. The predicted molar refractivity (Wildman–Crippen MR) is 116 cm³/mol. The lowest BCUT2D eigenvalue weighted by molar-refractivity contribution is 0.323. The van der Waals surface area contributed by atoms with Gasteiger partial charge in [-0.15, -0.1) is 12.4 Å². The molecule has 2 aromatic carbocycles. The molecule has 0 radical (unpaired) electrons. The maximum Gasteiger partial charge on any atom is 0.203 e. The van der Waals surface area contributed by atoms with Crippen molar-refractivity contribution in [1.29, 1.82) is 0 Å². The van der Waals surface area contributed by atoms with Gasteiger partial charge in [0.2, 0.25) is 5.75 Å². The van der Waals surface area contributed by atoms with Crippen LogP contribution in [-0.2, 0) is 6.42 Å². The van der Waals surface area contributed by atoms with Gasteiger partial charge in [-0.25, -0.2) is 0 Å². The Hall–Kier alpha value is -2.73. The van der Waals surface area contributed by atoms with E-state index in [1.54, 1.807) is 35.5 Å². The van der Waals surface area contributed by atoms with Crippen LogP contribution in [-0.4, -0.2) is 35.5 Å². The molecule has 1 aliphatic rings. The Kier molecular flexibility index (Phi) is 7.91. The van der Waals surface area contributed by atoms with E-state index >= 15 is 0 Å². The zero-order chi connectivity index (χ0) is 20.1. The molecule has 7 heteroatoms. The minimum atomic E-state index is 0. The molecule has 29 heavy (non-hydrogen) atoms. The number of hydrogen-bond acceptors (Lipinski definition) is 6. The number of aryl methyl sites for hydroxylation is 1. The molecule has 1 aliphatic heterocycles. The second-order valence-corrected chi connectivity index (χ2v) is 6.46. The standard InChI is InChI=1S/C22H27NO5.ClH/c1-24-18-12-15-8-9-23-17(16(15)13-19(18)25-2)7-6-14-10-20(26-3)22(28-5)21(11-14)27-4;/h8-13,17,23H,6-7H2,1-5H3;1H. The third-order valence-electron chi connectivity index (χ3n) is 4.97. The van der Waals surface area contributed by atoms with Crippen molar-refractivity contribution >= 4 is 18.5 Å². The van der Waals surface area contributed by atoms with Gasteiger partial charge in [0.25, 0.3) is 0 Å². The van der Waals surface area contributed by atoms with Crippen molar-refractivity contribution in [3.05, 3.63) is 47.2 Å². The van der Waals surface area contributed by atoms with Gasteiger partial charge in [-0.2, -0.15) is 0 Å². The summed E-state index contributed by atoms with van der Waals surface area (Å²) in [5.74, 6) is 3.40. The van der Waals surface area contributed by atoms with E-state index in [2.05, 4.69) is 5.32 Å². The largest absolute Gasteiger partial charge is 0.493 e.